The summed E-state index contributed by atoms with van der Waals surface area (Å²) < 4.78 is 0. The van der Waals surface area contributed by atoms with Gasteiger partial charge in [0.1, 0.15) is 5.54 Å². The summed E-state index contributed by atoms with van der Waals surface area (Å²) in [4.78, 5) is 32.8. The number of thiazole rings is 1. The van der Waals surface area contributed by atoms with Crippen LogP contribution in [-0.2, 0) is 9.59 Å². The summed E-state index contributed by atoms with van der Waals surface area (Å²) in [5.74, 6) is 0.339. The molecule has 24 heavy (non-hydrogen) atoms. The van der Waals surface area contributed by atoms with Gasteiger partial charge in [-0.05, 0) is 39.5 Å². The summed E-state index contributed by atoms with van der Waals surface area (Å²) in [6.45, 7) is 7.18. The lowest BCUT2D eigenvalue weighted by Gasteiger charge is -2.38. The lowest BCUT2D eigenvalue weighted by Crippen LogP contribution is -2.59. The van der Waals surface area contributed by atoms with Crippen LogP contribution in [0.25, 0.3) is 0 Å². The van der Waals surface area contributed by atoms with E-state index in [1.165, 1.54) is 11.8 Å². The lowest BCUT2D eigenvalue weighted by molar-refractivity contribution is -0.142. The van der Waals surface area contributed by atoms with Gasteiger partial charge in [0.15, 0.2) is 0 Å². The third kappa shape index (κ3) is 3.34. The average Bonchev–Trinajstić information content (AvgIpc) is 3.14. The standard InChI is InChI=1S/C18H27N3O2S/c1-12-13(2)24-16(19-12)15-7-6-10-21(11-15)17(23)18(20-14(3)22)8-4-5-9-18/h15H,4-11H2,1-3H3,(H,20,22). The predicted octanol–water partition coefficient (Wildman–Crippen LogP) is 2.91. The van der Waals surface area contributed by atoms with Gasteiger partial charge in [0.25, 0.3) is 0 Å². The zero-order valence-electron chi connectivity index (χ0n) is 14.9. The van der Waals surface area contributed by atoms with Crippen molar-refractivity contribution in [1.82, 2.24) is 15.2 Å². The van der Waals surface area contributed by atoms with E-state index >= 15 is 0 Å². The summed E-state index contributed by atoms with van der Waals surface area (Å²) in [5.41, 5.74) is 0.437. The largest absolute Gasteiger partial charge is 0.342 e. The molecule has 2 heterocycles. The second kappa shape index (κ2) is 6.82. The van der Waals surface area contributed by atoms with E-state index in [0.717, 1.165) is 62.3 Å². The lowest BCUT2D eigenvalue weighted by atomic mass is 9.92. The number of hydrogen-bond donors (Lipinski definition) is 1. The number of hydrogen-bond acceptors (Lipinski definition) is 4. The topological polar surface area (TPSA) is 62.3 Å². The smallest absolute Gasteiger partial charge is 0.248 e. The molecule has 0 spiro atoms. The Hall–Kier alpha value is -1.43. The number of rotatable bonds is 3. The Morgan fingerprint density at radius 3 is 2.54 bits per heavy atom. The molecule has 1 N–H and O–H groups in total. The van der Waals surface area contributed by atoms with Crippen molar-refractivity contribution in [1.29, 1.82) is 0 Å². The van der Waals surface area contributed by atoms with Gasteiger partial charge in [-0.15, -0.1) is 11.3 Å². The molecule has 1 saturated heterocycles. The van der Waals surface area contributed by atoms with E-state index in [4.69, 9.17) is 4.98 Å². The van der Waals surface area contributed by atoms with Crippen LogP contribution in [0.3, 0.4) is 0 Å². The van der Waals surface area contributed by atoms with Gasteiger partial charge >= 0.3 is 0 Å². The number of likely N-dealkylation sites (tertiary alicyclic amines) is 1. The van der Waals surface area contributed by atoms with Crippen molar-refractivity contribution in [2.24, 2.45) is 0 Å². The van der Waals surface area contributed by atoms with Gasteiger partial charge in [-0.3, -0.25) is 9.59 Å². The maximum absolute atomic E-state index is 13.2. The Bertz CT molecular complexity index is 615. The fourth-order valence-corrected chi connectivity index (χ4v) is 5.09. The number of aryl methyl sites for hydroxylation is 2. The van der Waals surface area contributed by atoms with Crippen molar-refractivity contribution < 1.29 is 9.59 Å². The Morgan fingerprint density at radius 2 is 1.96 bits per heavy atom. The molecule has 5 nitrogen and oxygen atoms in total. The van der Waals surface area contributed by atoms with Crippen LogP contribution in [0.4, 0.5) is 0 Å². The quantitative estimate of drug-likeness (QED) is 0.913. The highest BCUT2D eigenvalue weighted by molar-refractivity contribution is 7.11. The number of carbonyl (C=O) groups is 2. The van der Waals surface area contributed by atoms with Crippen molar-refractivity contribution in [3.63, 3.8) is 0 Å². The first kappa shape index (κ1) is 17.4. The third-order valence-electron chi connectivity index (χ3n) is 5.38. The van der Waals surface area contributed by atoms with Gasteiger partial charge in [0.2, 0.25) is 11.8 Å². The van der Waals surface area contributed by atoms with E-state index in [2.05, 4.69) is 12.2 Å². The van der Waals surface area contributed by atoms with Gasteiger partial charge in [-0.2, -0.15) is 0 Å². The Balaban J connectivity index is 1.75. The molecule has 1 aromatic heterocycles. The van der Waals surface area contributed by atoms with E-state index in [-0.39, 0.29) is 11.8 Å². The molecule has 1 aromatic rings. The van der Waals surface area contributed by atoms with Crippen LogP contribution >= 0.6 is 11.3 Å². The minimum absolute atomic E-state index is 0.106. The molecule has 0 radical (unpaired) electrons. The fourth-order valence-electron chi connectivity index (χ4n) is 4.05. The highest BCUT2D eigenvalue weighted by Crippen LogP contribution is 2.35. The van der Waals surface area contributed by atoms with Crippen molar-refractivity contribution in [2.45, 2.75) is 70.8 Å². The maximum Gasteiger partial charge on any atom is 0.248 e. The molecule has 1 aliphatic heterocycles. The van der Waals surface area contributed by atoms with Gasteiger partial charge in [0.05, 0.1) is 10.7 Å². The molecule has 1 atom stereocenters. The van der Waals surface area contributed by atoms with Crippen LogP contribution in [-0.4, -0.2) is 40.3 Å². The first-order chi connectivity index (χ1) is 11.4. The number of nitrogens with zero attached hydrogens (tertiary/aromatic N) is 2. The molecular weight excluding hydrogens is 322 g/mol. The first-order valence-corrected chi connectivity index (χ1v) is 9.75. The van der Waals surface area contributed by atoms with Crippen LogP contribution in [0.5, 0.6) is 0 Å². The number of amides is 2. The molecule has 1 aliphatic carbocycles. The van der Waals surface area contributed by atoms with Crippen molar-refractivity contribution in [3.8, 4) is 0 Å². The molecule has 0 bridgehead atoms. The molecular formula is C18H27N3O2S. The highest BCUT2D eigenvalue weighted by atomic mass is 32.1. The van der Waals surface area contributed by atoms with E-state index in [1.54, 1.807) is 11.3 Å². The molecule has 132 valence electrons. The second-order valence-corrected chi connectivity index (χ2v) is 8.49. The first-order valence-electron chi connectivity index (χ1n) is 8.93. The zero-order valence-corrected chi connectivity index (χ0v) is 15.7. The Labute approximate surface area is 147 Å². The van der Waals surface area contributed by atoms with E-state index in [9.17, 15) is 9.59 Å². The van der Waals surface area contributed by atoms with E-state index in [0.29, 0.717) is 5.92 Å². The molecule has 2 amide bonds. The van der Waals surface area contributed by atoms with Gasteiger partial charge in [-0.25, -0.2) is 4.98 Å². The predicted molar refractivity (Wildman–Crippen MR) is 95.2 cm³/mol. The van der Waals surface area contributed by atoms with Crippen LogP contribution in [0.15, 0.2) is 0 Å². The summed E-state index contributed by atoms with van der Waals surface area (Å²) in [6, 6.07) is 0. The van der Waals surface area contributed by atoms with Crippen LogP contribution in [0, 0.1) is 13.8 Å². The minimum Gasteiger partial charge on any atom is -0.342 e. The minimum atomic E-state index is -0.664. The molecule has 2 aliphatic rings. The third-order valence-corrected chi connectivity index (χ3v) is 6.62. The van der Waals surface area contributed by atoms with E-state index in [1.807, 2.05) is 11.8 Å². The normalized spacial score (nSPS) is 23.3. The second-order valence-electron chi connectivity index (χ2n) is 7.25. The number of carbonyl (C=O) groups excluding carboxylic acids is 2. The van der Waals surface area contributed by atoms with Crippen LogP contribution < -0.4 is 5.32 Å². The van der Waals surface area contributed by atoms with Crippen molar-refractivity contribution in [2.75, 3.05) is 13.1 Å². The fraction of sp³-hybridized carbons (Fsp3) is 0.722. The number of aromatic nitrogens is 1. The molecule has 3 rings (SSSR count). The van der Waals surface area contributed by atoms with Crippen molar-refractivity contribution in [3.05, 3.63) is 15.6 Å². The van der Waals surface area contributed by atoms with Crippen LogP contribution in [0.2, 0.25) is 0 Å². The average molecular weight is 350 g/mol. The van der Waals surface area contributed by atoms with Crippen LogP contribution in [0.1, 0.15) is 66.9 Å². The van der Waals surface area contributed by atoms with E-state index < -0.39 is 5.54 Å². The monoisotopic (exact) mass is 349 g/mol. The molecule has 0 aromatic carbocycles. The maximum atomic E-state index is 13.2. The molecule has 1 unspecified atom stereocenters. The summed E-state index contributed by atoms with van der Waals surface area (Å²) in [7, 11) is 0. The zero-order chi connectivity index (χ0) is 17.3. The SMILES string of the molecule is CC(=O)NC1(C(=O)N2CCCC(c3nc(C)c(C)s3)C2)CCCC1. The summed E-state index contributed by atoms with van der Waals surface area (Å²) in [6.07, 6.45) is 5.64. The summed E-state index contributed by atoms with van der Waals surface area (Å²) in [5, 5.41) is 4.13. The van der Waals surface area contributed by atoms with Gasteiger partial charge < -0.3 is 10.2 Å². The Kier molecular flexibility index (Phi) is 4.95. The number of piperidine rings is 1. The summed E-state index contributed by atoms with van der Waals surface area (Å²) >= 11 is 1.76. The van der Waals surface area contributed by atoms with Gasteiger partial charge in [-0.1, -0.05) is 12.8 Å². The van der Waals surface area contributed by atoms with Crippen molar-refractivity contribution >= 4 is 23.2 Å². The molecule has 6 heteroatoms. The molecule has 1 saturated carbocycles. The van der Waals surface area contributed by atoms with Gasteiger partial charge in [0, 0.05) is 30.8 Å². The Morgan fingerprint density at radius 1 is 1.25 bits per heavy atom. The highest BCUT2D eigenvalue weighted by Gasteiger charge is 2.45. The number of nitrogens with one attached hydrogen (secondary N) is 1. The molecule has 2 fully saturated rings.